The minimum atomic E-state index is -3.02. The minimum absolute atomic E-state index is 0.170. The highest BCUT2D eigenvalue weighted by atomic mass is 32.2. The molecule has 1 N–H and O–H groups in total. The van der Waals surface area contributed by atoms with Crippen molar-refractivity contribution in [2.24, 2.45) is 5.92 Å². The molecule has 0 aromatic rings. The van der Waals surface area contributed by atoms with Crippen molar-refractivity contribution in [2.75, 3.05) is 26.4 Å². The molecule has 0 atom stereocenters. The molecule has 16 heavy (non-hydrogen) atoms. The summed E-state index contributed by atoms with van der Waals surface area (Å²) in [5.41, 5.74) is 0. The average molecular weight is 248 g/mol. The summed E-state index contributed by atoms with van der Waals surface area (Å²) in [6.07, 6.45) is 4.24. The fourth-order valence-electron chi connectivity index (χ4n) is 2.32. The van der Waals surface area contributed by atoms with Gasteiger partial charge in [-0.25, -0.2) is 13.1 Å². The molecule has 1 aliphatic rings. The van der Waals surface area contributed by atoms with Gasteiger partial charge in [-0.05, 0) is 52.6 Å². The van der Waals surface area contributed by atoms with E-state index in [1.165, 1.54) is 0 Å². The van der Waals surface area contributed by atoms with Crippen LogP contribution in [0.25, 0.3) is 0 Å². The summed E-state index contributed by atoms with van der Waals surface area (Å²) in [5.74, 6) is 0.919. The predicted octanol–water partition coefficient (Wildman–Crippen LogP) is 1.05. The molecule has 0 bridgehead atoms. The zero-order valence-corrected chi connectivity index (χ0v) is 11.4. The Morgan fingerprint density at radius 3 is 2.19 bits per heavy atom. The number of sulfonamides is 1. The lowest BCUT2D eigenvalue weighted by molar-refractivity contribution is 0.244. The SMILES string of the molecule is CCS(=O)(=O)NC1CCC(CN(C)C)CC1. The van der Waals surface area contributed by atoms with Crippen LogP contribution in [0.2, 0.25) is 0 Å². The lowest BCUT2D eigenvalue weighted by Crippen LogP contribution is -2.39. The van der Waals surface area contributed by atoms with Crippen molar-refractivity contribution in [3.8, 4) is 0 Å². The third kappa shape index (κ3) is 4.80. The quantitative estimate of drug-likeness (QED) is 0.791. The Bertz CT molecular complexity index is 293. The van der Waals surface area contributed by atoms with Crippen LogP contribution in [0, 0.1) is 5.92 Å². The minimum Gasteiger partial charge on any atom is -0.309 e. The van der Waals surface area contributed by atoms with Gasteiger partial charge in [0.2, 0.25) is 10.0 Å². The summed E-state index contributed by atoms with van der Waals surface area (Å²) in [5, 5.41) is 0. The molecule has 0 unspecified atom stereocenters. The normalized spacial score (nSPS) is 27.2. The lowest BCUT2D eigenvalue weighted by Gasteiger charge is -2.30. The van der Waals surface area contributed by atoms with Crippen molar-refractivity contribution in [3.63, 3.8) is 0 Å². The molecular weight excluding hydrogens is 224 g/mol. The predicted molar refractivity (Wildman–Crippen MR) is 66.9 cm³/mol. The fraction of sp³-hybridized carbons (Fsp3) is 1.00. The molecule has 0 heterocycles. The van der Waals surface area contributed by atoms with Crippen LogP contribution in [0.5, 0.6) is 0 Å². The molecule has 96 valence electrons. The van der Waals surface area contributed by atoms with E-state index in [1.54, 1.807) is 6.92 Å². The molecule has 0 amide bonds. The maximum Gasteiger partial charge on any atom is 0.211 e. The highest BCUT2D eigenvalue weighted by molar-refractivity contribution is 7.89. The van der Waals surface area contributed by atoms with Gasteiger partial charge in [0.05, 0.1) is 5.75 Å². The van der Waals surface area contributed by atoms with Crippen molar-refractivity contribution < 1.29 is 8.42 Å². The molecule has 0 aromatic heterocycles. The largest absolute Gasteiger partial charge is 0.309 e. The summed E-state index contributed by atoms with van der Waals surface area (Å²) in [6.45, 7) is 2.80. The van der Waals surface area contributed by atoms with Crippen LogP contribution in [-0.2, 0) is 10.0 Å². The molecule has 1 rings (SSSR count). The van der Waals surface area contributed by atoms with Crippen molar-refractivity contribution >= 4 is 10.0 Å². The monoisotopic (exact) mass is 248 g/mol. The molecule has 1 saturated carbocycles. The molecular formula is C11H24N2O2S. The Balaban J connectivity index is 2.32. The first-order chi connectivity index (χ1) is 7.43. The molecule has 5 heteroatoms. The van der Waals surface area contributed by atoms with Gasteiger partial charge >= 0.3 is 0 Å². The number of rotatable bonds is 5. The van der Waals surface area contributed by atoms with Crippen molar-refractivity contribution in [1.82, 2.24) is 9.62 Å². The first-order valence-corrected chi connectivity index (χ1v) is 7.73. The summed E-state index contributed by atoms with van der Waals surface area (Å²) in [7, 11) is 1.16. The zero-order valence-electron chi connectivity index (χ0n) is 10.6. The Kier molecular flexibility index (Phi) is 5.21. The van der Waals surface area contributed by atoms with Crippen LogP contribution in [0.15, 0.2) is 0 Å². The van der Waals surface area contributed by atoms with Gasteiger partial charge in [0.1, 0.15) is 0 Å². The van der Waals surface area contributed by atoms with E-state index in [1.807, 2.05) is 0 Å². The van der Waals surface area contributed by atoms with E-state index in [0.717, 1.165) is 38.1 Å². The van der Waals surface area contributed by atoms with Crippen LogP contribution in [-0.4, -0.2) is 45.8 Å². The zero-order chi connectivity index (χ0) is 12.2. The number of hydrogen-bond acceptors (Lipinski definition) is 3. The molecule has 0 aliphatic heterocycles. The molecule has 1 fully saturated rings. The Morgan fingerprint density at radius 2 is 1.75 bits per heavy atom. The highest BCUT2D eigenvalue weighted by Crippen LogP contribution is 2.25. The number of nitrogens with one attached hydrogen (secondary N) is 1. The lowest BCUT2D eigenvalue weighted by atomic mass is 9.86. The van der Waals surface area contributed by atoms with E-state index in [0.29, 0.717) is 0 Å². The van der Waals surface area contributed by atoms with Crippen molar-refractivity contribution in [1.29, 1.82) is 0 Å². The van der Waals surface area contributed by atoms with Crippen molar-refractivity contribution in [3.05, 3.63) is 0 Å². The summed E-state index contributed by atoms with van der Waals surface area (Å²) in [4.78, 5) is 2.21. The molecule has 0 spiro atoms. The van der Waals surface area contributed by atoms with Gasteiger partial charge in [0, 0.05) is 12.6 Å². The smallest absolute Gasteiger partial charge is 0.211 e. The molecule has 0 saturated heterocycles. The maximum atomic E-state index is 11.4. The standard InChI is InChI=1S/C11H24N2O2S/c1-4-16(14,15)12-11-7-5-10(6-8-11)9-13(2)3/h10-12H,4-9H2,1-3H3. The van der Waals surface area contributed by atoms with Crippen LogP contribution < -0.4 is 4.72 Å². The molecule has 4 nitrogen and oxygen atoms in total. The van der Waals surface area contributed by atoms with E-state index >= 15 is 0 Å². The van der Waals surface area contributed by atoms with E-state index in [4.69, 9.17) is 0 Å². The summed E-state index contributed by atoms with van der Waals surface area (Å²) < 4.78 is 25.6. The van der Waals surface area contributed by atoms with Crippen LogP contribution in [0.4, 0.5) is 0 Å². The van der Waals surface area contributed by atoms with E-state index in [2.05, 4.69) is 23.7 Å². The van der Waals surface area contributed by atoms with Gasteiger partial charge in [-0.3, -0.25) is 0 Å². The third-order valence-electron chi connectivity index (χ3n) is 3.20. The Labute approximate surface area is 99.5 Å². The van der Waals surface area contributed by atoms with E-state index < -0.39 is 10.0 Å². The average Bonchev–Trinajstić information content (AvgIpc) is 2.20. The molecule has 0 aromatic carbocycles. The second kappa shape index (κ2) is 5.98. The highest BCUT2D eigenvalue weighted by Gasteiger charge is 2.24. The van der Waals surface area contributed by atoms with Gasteiger partial charge in [0.15, 0.2) is 0 Å². The van der Waals surface area contributed by atoms with Gasteiger partial charge in [0.25, 0.3) is 0 Å². The molecule has 1 aliphatic carbocycles. The first-order valence-electron chi connectivity index (χ1n) is 6.07. The van der Waals surface area contributed by atoms with Gasteiger partial charge in [-0.2, -0.15) is 0 Å². The van der Waals surface area contributed by atoms with Crippen LogP contribution >= 0.6 is 0 Å². The maximum absolute atomic E-state index is 11.4. The van der Waals surface area contributed by atoms with Gasteiger partial charge in [-0.15, -0.1) is 0 Å². The van der Waals surface area contributed by atoms with E-state index in [9.17, 15) is 8.42 Å². The summed E-state index contributed by atoms with van der Waals surface area (Å²) in [6, 6.07) is 0.170. The number of hydrogen-bond donors (Lipinski definition) is 1. The third-order valence-corrected chi connectivity index (χ3v) is 4.65. The van der Waals surface area contributed by atoms with Crippen LogP contribution in [0.3, 0.4) is 0 Å². The van der Waals surface area contributed by atoms with Gasteiger partial charge < -0.3 is 4.90 Å². The summed E-state index contributed by atoms with van der Waals surface area (Å²) >= 11 is 0. The van der Waals surface area contributed by atoms with Crippen molar-refractivity contribution in [2.45, 2.75) is 38.6 Å². The van der Waals surface area contributed by atoms with Crippen LogP contribution in [0.1, 0.15) is 32.6 Å². The van der Waals surface area contributed by atoms with E-state index in [-0.39, 0.29) is 11.8 Å². The fourth-order valence-corrected chi connectivity index (χ4v) is 3.23. The second-order valence-corrected chi connectivity index (χ2v) is 7.04. The topological polar surface area (TPSA) is 49.4 Å². The second-order valence-electron chi connectivity index (χ2n) is 5.00. The van der Waals surface area contributed by atoms with Gasteiger partial charge in [-0.1, -0.05) is 0 Å². The Morgan fingerprint density at radius 1 is 1.19 bits per heavy atom. The Hall–Kier alpha value is -0.130. The first kappa shape index (κ1) is 13.9. The molecule has 0 radical (unpaired) electrons. The number of nitrogens with zero attached hydrogens (tertiary/aromatic N) is 1.